The standard InChI is InChI=1S/C22H23F2N/c1-3-15-5-7-16(8-6-15)17-9-11-18(12-10-17)19-13-14-20(25-4-2)22(24)21(19)23/h3-4,9-16H,1,5-8H2,2H3. The number of hydrogen-bond acceptors (Lipinski definition) is 1. The van der Waals surface area contributed by atoms with Crippen LogP contribution in [0.1, 0.15) is 44.1 Å². The van der Waals surface area contributed by atoms with Crippen LogP contribution in [0.5, 0.6) is 0 Å². The van der Waals surface area contributed by atoms with Gasteiger partial charge >= 0.3 is 0 Å². The van der Waals surface area contributed by atoms with Crippen molar-refractivity contribution in [3.05, 3.63) is 66.3 Å². The number of halogens is 2. The fourth-order valence-corrected chi connectivity index (χ4v) is 3.62. The van der Waals surface area contributed by atoms with Gasteiger partial charge in [0.1, 0.15) is 5.69 Å². The minimum Gasteiger partial charge on any atom is -0.258 e. The van der Waals surface area contributed by atoms with Crippen LogP contribution in [0.3, 0.4) is 0 Å². The normalized spacial score (nSPS) is 20.8. The van der Waals surface area contributed by atoms with Gasteiger partial charge in [-0.15, -0.1) is 6.58 Å². The third-order valence-electron chi connectivity index (χ3n) is 5.13. The highest BCUT2D eigenvalue weighted by Crippen LogP contribution is 2.37. The average molecular weight is 339 g/mol. The number of aliphatic imine (C=N–C) groups is 1. The third-order valence-corrected chi connectivity index (χ3v) is 5.13. The van der Waals surface area contributed by atoms with Gasteiger partial charge in [-0.3, -0.25) is 4.99 Å². The molecule has 2 aromatic carbocycles. The van der Waals surface area contributed by atoms with Crippen LogP contribution in [0, 0.1) is 17.6 Å². The smallest absolute Gasteiger partial charge is 0.184 e. The van der Waals surface area contributed by atoms with E-state index >= 15 is 0 Å². The first kappa shape index (κ1) is 17.5. The van der Waals surface area contributed by atoms with Crippen LogP contribution in [0.2, 0.25) is 0 Å². The molecular weight excluding hydrogens is 316 g/mol. The van der Waals surface area contributed by atoms with Gasteiger partial charge in [0.05, 0.1) is 0 Å². The van der Waals surface area contributed by atoms with Gasteiger partial charge in [0.2, 0.25) is 0 Å². The third kappa shape index (κ3) is 3.71. The number of nitrogens with zero attached hydrogens (tertiary/aromatic N) is 1. The Hall–Kier alpha value is -2.29. The summed E-state index contributed by atoms with van der Waals surface area (Å²) in [5.74, 6) is -0.560. The molecule has 0 aliphatic heterocycles. The Bertz CT molecular complexity index is 769. The molecule has 3 heteroatoms. The first-order valence-electron chi connectivity index (χ1n) is 8.83. The molecule has 1 fully saturated rings. The molecule has 1 aliphatic rings. The molecule has 0 radical (unpaired) electrons. The van der Waals surface area contributed by atoms with Gasteiger partial charge in [0.25, 0.3) is 0 Å². The van der Waals surface area contributed by atoms with Gasteiger partial charge in [0.15, 0.2) is 11.6 Å². The zero-order valence-corrected chi connectivity index (χ0v) is 14.5. The van der Waals surface area contributed by atoms with E-state index in [-0.39, 0.29) is 11.3 Å². The van der Waals surface area contributed by atoms with E-state index in [0.29, 0.717) is 17.4 Å². The van der Waals surface area contributed by atoms with E-state index in [0.717, 1.165) is 12.8 Å². The molecule has 0 aromatic heterocycles. The Kier molecular flexibility index (Phi) is 5.42. The number of rotatable bonds is 4. The second-order valence-corrected chi connectivity index (χ2v) is 6.62. The van der Waals surface area contributed by atoms with Crippen molar-refractivity contribution in [3.8, 4) is 11.1 Å². The van der Waals surface area contributed by atoms with Gasteiger partial charge in [0, 0.05) is 11.8 Å². The van der Waals surface area contributed by atoms with Crippen LogP contribution in [-0.2, 0) is 0 Å². The van der Waals surface area contributed by atoms with E-state index < -0.39 is 11.6 Å². The largest absolute Gasteiger partial charge is 0.258 e. The molecular formula is C22H23F2N. The van der Waals surface area contributed by atoms with Crippen LogP contribution >= 0.6 is 0 Å². The van der Waals surface area contributed by atoms with Gasteiger partial charge < -0.3 is 0 Å². The van der Waals surface area contributed by atoms with E-state index in [2.05, 4.69) is 17.6 Å². The predicted octanol–water partition coefficient (Wildman–Crippen LogP) is 6.81. The molecule has 3 rings (SSSR count). The maximum atomic E-state index is 14.4. The molecule has 1 saturated carbocycles. The van der Waals surface area contributed by atoms with Crippen LogP contribution in [-0.4, -0.2) is 6.21 Å². The molecule has 0 spiro atoms. The Labute approximate surface area is 148 Å². The first-order valence-corrected chi connectivity index (χ1v) is 8.83. The van der Waals surface area contributed by atoms with Crippen LogP contribution in [0.4, 0.5) is 14.5 Å². The maximum absolute atomic E-state index is 14.4. The maximum Gasteiger partial charge on any atom is 0.184 e. The predicted molar refractivity (Wildman–Crippen MR) is 101 cm³/mol. The van der Waals surface area contributed by atoms with E-state index in [9.17, 15) is 8.78 Å². The lowest BCUT2D eigenvalue weighted by Crippen LogP contribution is -2.11. The van der Waals surface area contributed by atoms with Crippen LogP contribution in [0.15, 0.2) is 54.0 Å². The summed E-state index contributed by atoms with van der Waals surface area (Å²) in [4.78, 5) is 3.84. The summed E-state index contributed by atoms with van der Waals surface area (Å²) < 4.78 is 28.4. The minimum atomic E-state index is -0.901. The Balaban J connectivity index is 1.81. The topological polar surface area (TPSA) is 12.4 Å². The highest BCUT2D eigenvalue weighted by Gasteiger charge is 2.21. The molecule has 2 aromatic rings. The van der Waals surface area contributed by atoms with E-state index in [1.165, 1.54) is 30.7 Å². The molecule has 0 unspecified atom stereocenters. The summed E-state index contributed by atoms with van der Waals surface area (Å²) in [6.45, 7) is 5.56. The first-order chi connectivity index (χ1) is 12.1. The molecule has 0 atom stereocenters. The van der Waals surface area contributed by atoms with Gasteiger partial charge in [-0.05, 0) is 67.7 Å². The number of allylic oxidation sites excluding steroid dienone is 1. The van der Waals surface area contributed by atoms with Gasteiger partial charge in [-0.25, -0.2) is 8.78 Å². The monoisotopic (exact) mass is 339 g/mol. The molecule has 0 saturated heterocycles. The highest BCUT2D eigenvalue weighted by molar-refractivity contribution is 5.69. The Morgan fingerprint density at radius 3 is 2.24 bits per heavy atom. The lowest BCUT2D eigenvalue weighted by Gasteiger charge is -2.27. The van der Waals surface area contributed by atoms with Crippen molar-refractivity contribution in [2.75, 3.05) is 0 Å². The summed E-state index contributed by atoms with van der Waals surface area (Å²) in [6, 6.07) is 11.0. The SMILES string of the molecule is C=CC1CCC(c2ccc(-c3ccc(N=CC)c(F)c3F)cc2)CC1. The van der Waals surface area contributed by atoms with Gasteiger partial charge in [-0.1, -0.05) is 30.3 Å². The lowest BCUT2D eigenvalue weighted by molar-refractivity contribution is 0.376. The van der Waals surface area contributed by atoms with Crippen LogP contribution in [0.25, 0.3) is 11.1 Å². The summed E-state index contributed by atoms with van der Waals surface area (Å²) in [5.41, 5.74) is 2.26. The minimum absolute atomic E-state index is 0.0272. The Morgan fingerprint density at radius 2 is 1.64 bits per heavy atom. The quantitative estimate of drug-likeness (QED) is 0.428. The van der Waals surface area contributed by atoms with Crippen molar-refractivity contribution in [2.45, 2.75) is 38.5 Å². The lowest BCUT2D eigenvalue weighted by atomic mass is 9.78. The molecule has 0 N–H and O–H groups in total. The fraction of sp³-hybridized carbons (Fsp3) is 0.318. The highest BCUT2D eigenvalue weighted by atomic mass is 19.2. The molecule has 130 valence electrons. The zero-order chi connectivity index (χ0) is 17.8. The van der Waals surface area contributed by atoms with Crippen LogP contribution < -0.4 is 0 Å². The summed E-state index contributed by atoms with van der Waals surface area (Å²) >= 11 is 0. The van der Waals surface area contributed by atoms with Crippen molar-refractivity contribution in [3.63, 3.8) is 0 Å². The molecule has 1 aliphatic carbocycles. The number of hydrogen-bond donors (Lipinski definition) is 0. The van der Waals surface area contributed by atoms with Crippen molar-refractivity contribution in [2.24, 2.45) is 10.9 Å². The van der Waals surface area contributed by atoms with Crippen molar-refractivity contribution < 1.29 is 8.78 Å². The summed E-state index contributed by atoms with van der Waals surface area (Å²) in [6.07, 6.45) is 8.17. The van der Waals surface area contributed by atoms with Crippen molar-refractivity contribution in [1.29, 1.82) is 0 Å². The number of benzene rings is 2. The van der Waals surface area contributed by atoms with E-state index in [1.807, 2.05) is 24.3 Å². The van der Waals surface area contributed by atoms with Crippen molar-refractivity contribution >= 4 is 11.9 Å². The average Bonchev–Trinajstić information content (AvgIpc) is 2.66. The summed E-state index contributed by atoms with van der Waals surface area (Å²) in [7, 11) is 0. The zero-order valence-electron chi connectivity index (χ0n) is 14.5. The van der Waals surface area contributed by atoms with Crippen molar-refractivity contribution in [1.82, 2.24) is 0 Å². The molecule has 0 heterocycles. The fourth-order valence-electron chi connectivity index (χ4n) is 3.62. The second-order valence-electron chi connectivity index (χ2n) is 6.62. The van der Waals surface area contributed by atoms with Gasteiger partial charge in [-0.2, -0.15) is 0 Å². The van der Waals surface area contributed by atoms with E-state index in [1.54, 1.807) is 13.0 Å². The second kappa shape index (κ2) is 7.73. The molecule has 1 nitrogen and oxygen atoms in total. The summed E-state index contributed by atoms with van der Waals surface area (Å²) in [5, 5.41) is 0. The van der Waals surface area contributed by atoms with E-state index in [4.69, 9.17) is 0 Å². The molecule has 25 heavy (non-hydrogen) atoms. The molecule has 0 amide bonds. The Morgan fingerprint density at radius 1 is 0.960 bits per heavy atom. The molecule has 0 bridgehead atoms.